The maximum atomic E-state index is 13.0. The van der Waals surface area contributed by atoms with Gasteiger partial charge in [0.1, 0.15) is 17.6 Å². The lowest BCUT2D eigenvalue weighted by atomic mass is 9.93. The standard InChI is InChI=1S/C19H17FN4O/c20-15-7-4-13(5-8-15)3-6-14-9-10-21-17-16(14)18(25)23-19(22-17)24-11-1-2-12-24/h3-10,16H,1-2,11-12H2/b6-3+. The molecule has 0 N–H and O–H groups in total. The van der Waals surface area contributed by atoms with Crippen molar-refractivity contribution in [2.24, 2.45) is 20.9 Å². The number of hydrogen-bond acceptors (Lipinski definition) is 4. The summed E-state index contributed by atoms with van der Waals surface area (Å²) >= 11 is 0. The summed E-state index contributed by atoms with van der Waals surface area (Å²) < 4.78 is 13.0. The maximum Gasteiger partial charge on any atom is 0.264 e. The number of guanidine groups is 1. The van der Waals surface area contributed by atoms with Crippen LogP contribution in [0.5, 0.6) is 0 Å². The molecule has 126 valence electrons. The predicted octanol–water partition coefficient (Wildman–Crippen LogP) is 2.86. The number of carbonyl (C=O) groups excluding carboxylic acids is 1. The molecule has 1 atom stereocenters. The van der Waals surface area contributed by atoms with Crippen molar-refractivity contribution in [1.82, 2.24) is 4.90 Å². The average molecular weight is 336 g/mol. The molecule has 1 unspecified atom stereocenters. The van der Waals surface area contributed by atoms with Crippen LogP contribution in [0.4, 0.5) is 4.39 Å². The number of rotatable bonds is 2. The number of carbonyl (C=O) groups is 1. The van der Waals surface area contributed by atoms with Crippen LogP contribution in [-0.2, 0) is 4.79 Å². The van der Waals surface area contributed by atoms with E-state index in [1.807, 2.05) is 17.1 Å². The third-order valence-electron chi connectivity index (χ3n) is 4.46. The first-order valence-electron chi connectivity index (χ1n) is 8.35. The van der Waals surface area contributed by atoms with E-state index >= 15 is 0 Å². The van der Waals surface area contributed by atoms with E-state index in [-0.39, 0.29) is 11.7 Å². The number of amides is 1. The van der Waals surface area contributed by atoms with Crippen molar-refractivity contribution in [3.8, 4) is 0 Å². The quantitative estimate of drug-likeness (QED) is 0.834. The number of nitrogens with zero attached hydrogens (tertiary/aromatic N) is 4. The van der Waals surface area contributed by atoms with Gasteiger partial charge in [0.05, 0.1) is 0 Å². The summed E-state index contributed by atoms with van der Waals surface area (Å²) in [5, 5.41) is 0. The molecule has 6 heteroatoms. The molecule has 0 saturated carbocycles. The smallest absolute Gasteiger partial charge is 0.264 e. The van der Waals surface area contributed by atoms with Gasteiger partial charge in [-0.15, -0.1) is 0 Å². The van der Waals surface area contributed by atoms with E-state index in [1.54, 1.807) is 24.4 Å². The van der Waals surface area contributed by atoms with Crippen LogP contribution in [0.1, 0.15) is 18.4 Å². The van der Waals surface area contributed by atoms with Crippen LogP contribution in [0, 0.1) is 11.7 Å². The summed E-state index contributed by atoms with van der Waals surface area (Å²) in [5.74, 6) is -0.105. The summed E-state index contributed by atoms with van der Waals surface area (Å²) in [7, 11) is 0. The van der Waals surface area contributed by atoms with Gasteiger partial charge in [0.25, 0.3) is 5.91 Å². The molecule has 0 spiro atoms. The van der Waals surface area contributed by atoms with Crippen molar-refractivity contribution >= 4 is 30.0 Å². The van der Waals surface area contributed by atoms with Gasteiger partial charge < -0.3 is 4.90 Å². The molecule has 5 nitrogen and oxygen atoms in total. The Balaban J connectivity index is 1.57. The fourth-order valence-electron chi connectivity index (χ4n) is 3.13. The van der Waals surface area contributed by atoms with Gasteiger partial charge in [-0.2, -0.15) is 9.98 Å². The third-order valence-corrected chi connectivity index (χ3v) is 4.46. The Morgan fingerprint density at radius 2 is 1.84 bits per heavy atom. The monoisotopic (exact) mass is 336 g/mol. The number of likely N-dealkylation sites (tertiary alicyclic amines) is 1. The molecule has 25 heavy (non-hydrogen) atoms. The molecular formula is C19H17FN4O. The SMILES string of the molecule is O=C1N=C(N2CCCC2)N=C2N=CC=C(/C=C/c3ccc(F)cc3)C12. The molecule has 4 rings (SSSR count). The van der Waals surface area contributed by atoms with Crippen LogP contribution in [-0.4, -0.2) is 41.9 Å². The summed E-state index contributed by atoms with van der Waals surface area (Å²) in [4.78, 5) is 27.6. The number of dihydropyridines is 1. The topological polar surface area (TPSA) is 57.4 Å². The highest BCUT2D eigenvalue weighted by Crippen LogP contribution is 2.25. The zero-order valence-corrected chi connectivity index (χ0v) is 13.6. The molecule has 1 saturated heterocycles. The van der Waals surface area contributed by atoms with E-state index in [4.69, 9.17) is 0 Å². The number of fused-ring (bicyclic) bond motifs is 1. The van der Waals surface area contributed by atoms with E-state index in [0.29, 0.717) is 11.8 Å². The van der Waals surface area contributed by atoms with Crippen LogP contribution in [0.25, 0.3) is 6.08 Å². The second-order valence-corrected chi connectivity index (χ2v) is 6.18. The zero-order chi connectivity index (χ0) is 17.2. The van der Waals surface area contributed by atoms with Crippen LogP contribution in [0.2, 0.25) is 0 Å². The van der Waals surface area contributed by atoms with Gasteiger partial charge in [0, 0.05) is 19.3 Å². The molecule has 1 fully saturated rings. The molecule has 0 aliphatic carbocycles. The fourth-order valence-corrected chi connectivity index (χ4v) is 3.13. The fraction of sp³-hybridized carbons (Fsp3) is 0.263. The number of hydrogen-bond donors (Lipinski definition) is 0. The molecule has 3 heterocycles. The minimum Gasteiger partial charge on any atom is -0.341 e. The number of aliphatic imine (C=N–C) groups is 3. The minimum absolute atomic E-state index is 0.237. The van der Waals surface area contributed by atoms with E-state index in [0.717, 1.165) is 37.1 Å². The van der Waals surface area contributed by atoms with Crippen molar-refractivity contribution in [2.75, 3.05) is 13.1 Å². The second kappa shape index (κ2) is 6.55. The summed E-state index contributed by atoms with van der Waals surface area (Å²) in [6, 6.07) is 6.18. The first-order chi connectivity index (χ1) is 12.2. The molecule has 0 radical (unpaired) electrons. The van der Waals surface area contributed by atoms with Gasteiger partial charge >= 0.3 is 0 Å². The molecule has 1 amide bonds. The number of benzene rings is 1. The van der Waals surface area contributed by atoms with Gasteiger partial charge in [0.2, 0.25) is 5.96 Å². The number of allylic oxidation sites excluding steroid dienone is 2. The second-order valence-electron chi connectivity index (χ2n) is 6.18. The molecule has 1 aromatic rings. The largest absolute Gasteiger partial charge is 0.341 e. The molecule has 0 aromatic heterocycles. The van der Waals surface area contributed by atoms with Gasteiger partial charge in [0.15, 0.2) is 0 Å². The molecule has 1 aromatic carbocycles. The third kappa shape index (κ3) is 3.20. The van der Waals surface area contributed by atoms with Gasteiger partial charge in [-0.3, -0.25) is 4.79 Å². The predicted molar refractivity (Wildman–Crippen MR) is 96.2 cm³/mol. The van der Waals surface area contributed by atoms with E-state index in [1.165, 1.54) is 12.1 Å². The molecule has 3 aliphatic heterocycles. The van der Waals surface area contributed by atoms with Crippen molar-refractivity contribution in [1.29, 1.82) is 0 Å². The number of amidine groups is 1. The Morgan fingerprint density at radius 3 is 2.60 bits per heavy atom. The minimum atomic E-state index is -0.562. The van der Waals surface area contributed by atoms with Gasteiger partial charge in [-0.25, -0.2) is 9.38 Å². The Bertz CT molecular complexity index is 843. The summed E-state index contributed by atoms with van der Waals surface area (Å²) in [6.45, 7) is 1.76. The summed E-state index contributed by atoms with van der Waals surface area (Å²) in [5.41, 5.74) is 1.64. The van der Waals surface area contributed by atoms with Gasteiger partial charge in [-0.1, -0.05) is 24.3 Å². The zero-order valence-electron chi connectivity index (χ0n) is 13.6. The molecule has 0 bridgehead atoms. The number of halogens is 1. The average Bonchev–Trinajstić information content (AvgIpc) is 3.15. The Hall–Kier alpha value is -2.89. The molecular weight excluding hydrogens is 319 g/mol. The Kier molecular flexibility index (Phi) is 4.09. The van der Waals surface area contributed by atoms with Crippen LogP contribution in [0.3, 0.4) is 0 Å². The van der Waals surface area contributed by atoms with Crippen LogP contribution >= 0.6 is 0 Å². The normalized spacial score (nSPS) is 22.8. The summed E-state index contributed by atoms with van der Waals surface area (Å²) in [6.07, 6.45) is 9.31. The highest BCUT2D eigenvalue weighted by atomic mass is 19.1. The Labute approximate surface area is 145 Å². The van der Waals surface area contributed by atoms with Crippen LogP contribution < -0.4 is 0 Å². The van der Waals surface area contributed by atoms with Crippen molar-refractivity contribution in [3.05, 3.63) is 53.4 Å². The van der Waals surface area contributed by atoms with E-state index in [2.05, 4.69) is 15.0 Å². The van der Waals surface area contributed by atoms with E-state index < -0.39 is 5.92 Å². The maximum absolute atomic E-state index is 13.0. The van der Waals surface area contributed by atoms with Crippen molar-refractivity contribution in [3.63, 3.8) is 0 Å². The lowest BCUT2D eigenvalue weighted by Crippen LogP contribution is -2.36. The molecule has 3 aliphatic rings. The first-order valence-corrected chi connectivity index (χ1v) is 8.35. The lowest BCUT2D eigenvalue weighted by Gasteiger charge is -2.24. The highest BCUT2D eigenvalue weighted by Gasteiger charge is 2.34. The van der Waals surface area contributed by atoms with Gasteiger partial charge in [-0.05, 0) is 42.2 Å². The highest BCUT2D eigenvalue weighted by molar-refractivity contribution is 6.20. The van der Waals surface area contributed by atoms with Crippen molar-refractivity contribution < 1.29 is 9.18 Å². The van der Waals surface area contributed by atoms with E-state index in [9.17, 15) is 9.18 Å². The Morgan fingerprint density at radius 1 is 1.08 bits per heavy atom. The lowest BCUT2D eigenvalue weighted by molar-refractivity contribution is -0.118. The first kappa shape index (κ1) is 15.6. The van der Waals surface area contributed by atoms with Crippen molar-refractivity contribution in [2.45, 2.75) is 12.8 Å². The van der Waals surface area contributed by atoms with Crippen LogP contribution in [0.15, 0.2) is 57.0 Å².